The third kappa shape index (κ3) is 4.57. The van der Waals surface area contributed by atoms with Crippen LogP contribution in [-0.4, -0.2) is 10.5 Å². The molecule has 1 heterocycles. The molecule has 0 saturated heterocycles. The standard InChI is InChI=1S/C26H26N2O/c1-28-19-24(23-14-8-9-15-25(23)28)22(16-20-10-4-2-5-11-20)17-26(29)27-18-21-12-6-3-7-13-21/h2-15,19,22H,16-18H2,1H3,(H,27,29). The van der Waals surface area contributed by atoms with Gasteiger partial charge in [0.25, 0.3) is 0 Å². The third-order valence-corrected chi connectivity index (χ3v) is 5.46. The SMILES string of the molecule is Cn1cc(C(CC(=O)NCc2ccccc2)Cc2ccccc2)c2ccccc21. The van der Waals surface area contributed by atoms with Gasteiger partial charge in [0.05, 0.1) is 0 Å². The highest BCUT2D eigenvalue weighted by atomic mass is 16.1. The predicted molar refractivity (Wildman–Crippen MR) is 119 cm³/mol. The smallest absolute Gasteiger partial charge is 0.220 e. The number of rotatable bonds is 7. The minimum atomic E-state index is 0.0859. The molecular formula is C26H26N2O. The van der Waals surface area contributed by atoms with Crippen LogP contribution in [0.3, 0.4) is 0 Å². The van der Waals surface area contributed by atoms with Crippen LogP contribution < -0.4 is 5.32 Å². The Labute approximate surface area is 172 Å². The van der Waals surface area contributed by atoms with Gasteiger partial charge in [0, 0.05) is 37.1 Å². The lowest BCUT2D eigenvalue weighted by Crippen LogP contribution is -2.25. The quantitative estimate of drug-likeness (QED) is 0.468. The van der Waals surface area contributed by atoms with E-state index >= 15 is 0 Å². The number of para-hydroxylation sites is 1. The highest BCUT2D eigenvalue weighted by Crippen LogP contribution is 2.32. The van der Waals surface area contributed by atoms with E-state index in [1.165, 1.54) is 22.0 Å². The molecule has 0 bridgehead atoms. The van der Waals surface area contributed by atoms with Crippen molar-refractivity contribution in [2.24, 2.45) is 7.05 Å². The van der Waals surface area contributed by atoms with Crippen LogP contribution in [0.4, 0.5) is 0 Å². The van der Waals surface area contributed by atoms with Crippen molar-refractivity contribution >= 4 is 16.8 Å². The van der Waals surface area contributed by atoms with E-state index in [9.17, 15) is 4.79 Å². The molecule has 1 unspecified atom stereocenters. The summed E-state index contributed by atoms with van der Waals surface area (Å²) < 4.78 is 2.16. The Hall–Kier alpha value is -3.33. The van der Waals surface area contributed by atoms with Gasteiger partial charge in [-0.05, 0) is 35.1 Å². The molecule has 0 spiro atoms. The molecule has 0 aliphatic carbocycles. The second-order valence-corrected chi connectivity index (χ2v) is 7.57. The molecule has 4 rings (SSSR count). The molecule has 4 aromatic rings. The number of fused-ring (bicyclic) bond motifs is 1. The highest BCUT2D eigenvalue weighted by molar-refractivity contribution is 5.86. The molecule has 1 atom stereocenters. The summed E-state index contributed by atoms with van der Waals surface area (Å²) in [4.78, 5) is 12.8. The number of benzene rings is 3. The normalized spacial score (nSPS) is 12.0. The van der Waals surface area contributed by atoms with Crippen LogP contribution in [0, 0.1) is 0 Å². The number of aryl methyl sites for hydroxylation is 1. The molecule has 0 aliphatic heterocycles. The van der Waals surface area contributed by atoms with Gasteiger partial charge in [-0.15, -0.1) is 0 Å². The largest absolute Gasteiger partial charge is 0.352 e. The van der Waals surface area contributed by atoms with Crippen LogP contribution >= 0.6 is 0 Å². The number of aromatic nitrogens is 1. The molecule has 0 fully saturated rings. The van der Waals surface area contributed by atoms with Crippen LogP contribution in [0.1, 0.15) is 29.0 Å². The summed E-state index contributed by atoms with van der Waals surface area (Å²) in [5.41, 5.74) is 4.80. The van der Waals surface area contributed by atoms with E-state index < -0.39 is 0 Å². The first kappa shape index (κ1) is 19.0. The van der Waals surface area contributed by atoms with Crippen molar-refractivity contribution < 1.29 is 4.79 Å². The molecule has 3 aromatic carbocycles. The molecule has 0 aliphatic rings. The molecule has 1 aromatic heterocycles. The van der Waals surface area contributed by atoms with E-state index in [2.05, 4.69) is 71.7 Å². The Morgan fingerprint density at radius 3 is 2.21 bits per heavy atom. The molecule has 0 saturated carbocycles. The van der Waals surface area contributed by atoms with Crippen LogP contribution in [0.15, 0.2) is 91.1 Å². The second kappa shape index (κ2) is 8.78. The Bertz CT molecular complexity index is 1080. The number of hydrogen-bond donors (Lipinski definition) is 1. The molecule has 1 amide bonds. The zero-order chi connectivity index (χ0) is 20.1. The van der Waals surface area contributed by atoms with E-state index in [0.29, 0.717) is 13.0 Å². The Morgan fingerprint density at radius 2 is 1.48 bits per heavy atom. The molecule has 0 radical (unpaired) electrons. The minimum absolute atomic E-state index is 0.0859. The average molecular weight is 383 g/mol. The van der Waals surface area contributed by atoms with Crippen LogP contribution in [-0.2, 0) is 24.8 Å². The number of amides is 1. The van der Waals surface area contributed by atoms with E-state index in [1.54, 1.807) is 0 Å². The average Bonchev–Trinajstić information content (AvgIpc) is 3.10. The van der Waals surface area contributed by atoms with E-state index in [-0.39, 0.29) is 11.8 Å². The van der Waals surface area contributed by atoms with Gasteiger partial charge < -0.3 is 9.88 Å². The summed E-state index contributed by atoms with van der Waals surface area (Å²) in [6, 6.07) is 28.9. The van der Waals surface area contributed by atoms with Crippen molar-refractivity contribution in [1.82, 2.24) is 9.88 Å². The lowest BCUT2D eigenvalue weighted by atomic mass is 9.88. The number of carbonyl (C=O) groups excluding carboxylic acids is 1. The Morgan fingerprint density at radius 1 is 0.862 bits per heavy atom. The number of nitrogens with zero attached hydrogens (tertiary/aromatic N) is 1. The van der Waals surface area contributed by atoms with E-state index in [0.717, 1.165) is 12.0 Å². The molecule has 1 N–H and O–H groups in total. The Kier molecular flexibility index (Phi) is 5.76. The molecule has 3 heteroatoms. The van der Waals surface area contributed by atoms with Crippen molar-refractivity contribution in [2.75, 3.05) is 0 Å². The summed E-state index contributed by atoms with van der Waals surface area (Å²) in [5, 5.41) is 4.32. The van der Waals surface area contributed by atoms with Crippen molar-refractivity contribution in [2.45, 2.75) is 25.3 Å². The fourth-order valence-corrected chi connectivity index (χ4v) is 3.98. The first-order valence-electron chi connectivity index (χ1n) is 10.1. The van der Waals surface area contributed by atoms with Crippen LogP contribution in [0.2, 0.25) is 0 Å². The van der Waals surface area contributed by atoms with Crippen molar-refractivity contribution in [3.05, 3.63) is 108 Å². The van der Waals surface area contributed by atoms with Gasteiger partial charge in [-0.2, -0.15) is 0 Å². The monoisotopic (exact) mass is 382 g/mol. The Balaban J connectivity index is 1.57. The minimum Gasteiger partial charge on any atom is -0.352 e. The fourth-order valence-electron chi connectivity index (χ4n) is 3.98. The maximum atomic E-state index is 12.8. The number of carbonyl (C=O) groups is 1. The van der Waals surface area contributed by atoms with Gasteiger partial charge in [0.15, 0.2) is 0 Å². The number of nitrogens with one attached hydrogen (secondary N) is 1. The molecular weight excluding hydrogens is 356 g/mol. The van der Waals surface area contributed by atoms with E-state index in [4.69, 9.17) is 0 Å². The van der Waals surface area contributed by atoms with Crippen molar-refractivity contribution in [3.8, 4) is 0 Å². The molecule has 3 nitrogen and oxygen atoms in total. The lowest BCUT2D eigenvalue weighted by molar-refractivity contribution is -0.121. The van der Waals surface area contributed by atoms with Crippen molar-refractivity contribution in [3.63, 3.8) is 0 Å². The van der Waals surface area contributed by atoms with Gasteiger partial charge in [0.1, 0.15) is 0 Å². The summed E-state index contributed by atoms with van der Waals surface area (Å²) in [6.45, 7) is 0.563. The van der Waals surface area contributed by atoms with Crippen LogP contribution in [0.5, 0.6) is 0 Å². The van der Waals surface area contributed by atoms with Gasteiger partial charge in [-0.1, -0.05) is 78.9 Å². The lowest BCUT2D eigenvalue weighted by Gasteiger charge is -2.17. The summed E-state index contributed by atoms with van der Waals surface area (Å²) in [6.07, 6.45) is 3.49. The van der Waals surface area contributed by atoms with E-state index in [1.807, 2.05) is 36.4 Å². The molecule has 146 valence electrons. The van der Waals surface area contributed by atoms with Gasteiger partial charge in [0.2, 0.25) is 5.91 Å². The zero-order valence-electron chi connectivity index (χ0n) is 16.7. The maximum absolute atomic E-state index is 12.8. The maximum Gasteiger partial charge on any atom is 0.220 e. The first-order chi connectivity index (χ1) is 14.2. The number of hydrogen-bond acceptors (Lipinski definition) is 1. The van der Waals surface area contributed by atoms with Gasteiger partial charge in [-0.3, -0.25) is 4.79 Å². The first-order valence-corrected chi connectivity index (χ1v) is 10.1. The van der Waals surface area contributed by atoms with Crippen molar-refractivity contribution in [1.29, 1.82) is 0 Å². The fraction of sp³-hybridized carbons (Fsp3) is 0.192. The summed E-state index contributed by atoms with van der Waals surface area (Å²) >= 11 is 0. The second-order valence-electron chi connectivity index (χ2n) is 7.57. The third-order valence-electron chi connectivity index (χ3n) is 5.46. The summed E-state index contributed by atoms with van der Waals surface area (Å²) in [5.74, 6) is 0.210. The van der Waals surface area contributed by atoms with Crippen LogP contribution in [0.25, 0.3) is 10.9 Å². The van der Waals surface area contributed by atoms with Gasteiger partial charge >= 0.3 is 0 Å². The highest BCUT2D eigenvalue weighted by Gasteiger charge is 2.21. The van der Waals surface area contributed by atoms with Gasteiger partial charge in [-0.25, -0.2) is 0 Å². The predicted octanol–water partition coefficient (Wildman–Crippen LogP) is 5.21. The summed E-state index contributed by atoms with van der Waals surface area (Å²) in [7, 11) is 2.07. The topological polar surface area (TPSA) is 34.0 Å². The molecule has 29 heavy (non-hydrogen) atoms. The zero-order valence-corrected chi connectivity index (χ0v) is 16.7.